The Balaban J connectivity index is 2.38. The zero-order valence-corrected chi connectivity index (χ0v) is 7.78. The summed E-state index contributed by atoms with van der Waals surface area (Å²) in [6.45, 7) is 5.66. The molecule has 0 saturated heterocycles. The second kappa shape index (κ2) is 2.58. The molecule has 1 aliphatic rings. The lowest BCUT2D eigenvalue weighted by Gasteiger charge is -2.30. The van der Waals surface area contributed by atoms with E-state index in [1.54, 1.807) is 10.9 Å². The molecule has 2 rings (SSSR count). The molecule has 0 aromatic carbocycles. The van der Waals surface area contributed by atoms with E-state index in [0.717, 1.165) is 12.8 Å². The summed E-state index contributed by atoms with van der Waals surface area (Å²) in [5.41, 5.74) is 0.634. The Labute approximate surface area is 76.5 Å². The van der Waals surface area contributed by atoms with Gasteiger partial charge in [-0.2, -0.15) is 5.10 Å². The highest BCUT2D eigenvalue weighted by atomic mass is 16.5. The number of fused-ring (bicyclic) bond motifs is 1. The molecule has 4 nitrogen and oxygen atoms in total. The van der Waals surface area contributed by atoms with Crippen molar-refractivity contribution in [3.05, 3.63) is 11.8 Å². The van der Waals surface area contributed by atoms with Crippen molar-refractivity contribution in [3.63, 3.8) is 0 Å². The first kappa shape index (κ1) is 8.29. The van der Waals surface area contributed by atoms with Crippen LogP contribution in [-0.2, 0) is 6.54 Å². The van der Waals surface area contributed by atoms with Crippen LogP contribution in [0.5, 0.6) is 5.88 Å². The Morgan fingerprint density at radius 3 is 3.15 bits per heavy atom. The van der Waals surface area contributed by atoms with Gasteiger partial charge in [0, 0.05) is 5.41 Å². The molecule has 1 aromatic heterocycles. The summed E-state index contributed by atoms with van der Waals surface area (Å²) in [7, 11) is 0. The van der Waals surface area contributed by atoms with Gasteiger partial charge in [-0.15, -0.1) is 0 Å². The molecule has 0 spiro atoms. The molecule has 2 heterocycles. The Kier molecular flexibility index (Phi) is 1.65. The van der Waals surface area contributed by atoms with Crippen molar-refractivity contribution in [1.29, 1.82) is 0 Å². The molecule has 0 amide bonds. The zero-order chi connectivity index (χ0) is 9.47. The minimum absolute atomic E-state index is 0.0964. The maximum absolute atomic E-state index is 10.6. The molecule has 0 fully saturated rings. The number of aldehydes is 1. The topological polar surface area (TPSA) is 44.1 Å². The molecule has 1 aromatic rings. The summed E-state index contributed by atoms with van der Waals surface area (Å²) >= 11 is 0. The molecule has 0 N–H and O–H groups in total. The molecule has 0 radical (unpaired) electrons. The van der Waals surface area contributed by atoms with E-state index < -0.39 is 0 Å². The first-order valence-corrected chi connectivity index (χ1v) is 4.26. The molecule has 0 saturated carbocycles. The van der Waals surface area contributed by atoms with Gasteiger partial charge in [0.05, 0.1) is 24.9 Å². The Morgan fingerprint density at radius 2 is 2.46 bits per heavy atom. The summed E-state index contributed by atoms with van der Waals surface area (Å²) < 4.78 is 7.21. The average molecular weight is 180 g/mol. The molecular weight excluding hydrogens is 168 g/mol. The smallest absolute Gasteiger partial charge is 0.222 e. The van der Waals surface area contributed by atoms with Gasteiger partial charge in [0.25, 0.3) is 0 Å². The Morgan fingerprint density at radius 1 is 1.69 bits per heavy atom. The molecule has 13 heavy (non-hydrogen) atoms. The normalized spacial score (nSPS) is 18.9. The minimum Gasteiger partial charge on any atom is -0.477 e. The number of carbonyl (C=O) groups excluding carboxylic acids is 1. The summed E-state index contributed by atoms with van der Waals surface area (Å²) in [5, 5.41) is 4.08. The molecule has 1 aliphatic heterocycles. The molecule has 70 valence electrons. The lowest BCUT2D eigenvalue weighted by atomic mass is 9.94. The summed E-state index contributed by atoms with van der Waals surface area (Å²) in [6.07, 6.45) is 2.32. The second-order valence-electron chi connectivity index (χ2n) is 4.13. The van der Waals surface area contributed by atoms with Crippen molar-refractivity contribution in [2.75, 3.05) is 6.61 Å². The monoisotopic (exact) mass is 180 g/mol. The van der Waals surface area contributed by atoms with Crippen molar-refractivity contribution in [2.24, 2.45) is 5.41 Å². The largest absolute Gasteiger partial charge is 0.477 e. The van der Waals surface area contributed by atoms with Crippen LogP contribution in [0.15, 0.2) is 6.20 Å². The van der Waals surface area contributed by atoms with Crippen LogP contribution in [0.3, 0.4) is 0 Å². The van der Waals surface area contributed by atoms with Crippen molar-refractivity contribution < 1.29 is 9.53 Å². The van der Waals surface area contributed by atoms with Gasteiger partial charge >= 0.3 is 0 Å². The standard InChI is InChI=1S/C9H12N2O2/c1-9(2)5-11-8(13-6-9)7(4-12)3-10-11/h3-4H,5-6H2,1-2H3. The van der Waals surface area contributed by atoms with Crippen LogP contribution in [0, 0.1) is 5.41 Å². The van der Waals surface area contributed by atoms with E-state index in [1.807, 2.05) is 0 Å². The third-order valence-corrected chi connectivity index (χ3v) is 2.12. The Hall–Kier alpha value is -1.32. The van der Waals surface area contributed by atoms with Gasteiger partial charge in [-0.05, 0) is 0 Å². The van der Waals surface area contributed by atoms with Crippen LogP contribution >= 0.6 is 0 Å². The van der Waals surface area contributed by atoms with E-state index in [1.165, 1.54) is 0 Å². The van der Waals surface area contributed by atoms with Crippen LogP contribution in [0.4, 0.5) is 0 Å². The number of aromatic nitrogens is 2. The van der Waals surface area contributed by atoms with Gasteiger partial charge in [-0.3, -0.25) is 4.79 Å². The van der Waals surface area contributed by atoms with Crippen molar-refractivity contribution in [1.82, 2.24) is 9.78 Å². The van der Waals surface area contributed by atoms with E-state index >= 15 is 0 Å². The highest BCUT2D eigenvalue weighted by molar-refractivity contribution is 5.77. The van der Waals surface area contributed by atoms with Gasteiger partial charge in [-0.25, -0.2) is 4.68 Å². The van der Waals surface area contributed by atoms with Crippen LogP contribution in [0.25, 0.3) is 0 Å². The number of hydrogen-bond acceptors (Lipinski definition) is 3. The van der Waals surface area contributed by atoms with Gasteiger partial charge in [0.15, 0.2) is 6.29 Å². The lowest BCUT2D eigenvalue weighted by molar-refractivity contribution is 0.0966. The number of ether oxygens (including phenoxy) is 1. The minimum atomic E-state index is 0.0964. The number of nitrogens with zero attached hydrogens (tertiary/aromatic N) is 2. The van der Waals surface area contributed by atoms with Crippen molar-refractivity contribution >= 4 is 6.29 Å². The van der Waals surface area contributed by atoms with Crippen LogP contribution in [0.2, 0.25) is 0 Å². The summed E-state index contributed by atoms with van der Waals surface area (Å²) in [6, 6.07) is 0. The van der Waals surface area contributed by atoms with E-state index in [2.05, 4.69) is 18.9 Å². The molecule has 0 atom stereocenters. The maximum Gasteiger partial charge on any atom is 0.222 e. The van der Waals surface area contributed by atoms with Crippen LogP contribution in [0.1, 0.15) is 24.2 Å². The SMILES string of the molecule is CC1(C)COc2c(C=O)cnn2C1. The summed E-state index contributed by atoms with van der Waals surface area (Å²) in [5.74, 6) is 0.606. The van der Waals surface area contributed by atoms with E-state index in [0.29, 0.717) is 18.1 Å². The predicted octanol–water partition coefficient (Wildman–Crippen LogP) is 1.11. The molecule has 0 unspecified atom stereocenters. The predicted molar refractivity (Wildman–Crippen MR) is 46.9 cm³/mol. The molecule has 0 bridgehead atoms. The van der Waals surface area contributed by atoms with Crippen molar-refractivity contribution in [3.8, 4) is 5.88 Å². The Bertz CT molecular complexity index is 341. The fourth-order valence-electron chi connectivity index (χ4n) is 1.45. The van der Waals surface area contributed by atoms with E-state index in [4.69, 9.17) is 4.74 Å². The fraction of sp³-hybridized carbons (Fsp3) is 0.556. The maximum atomic E-state index is 10.6. The second-order valence-corrected chi connectivity index (χ2v) is 4.13. The third kappa shape index (κ3) is 1.32. The molecular formula is C9H12N2O2. The summed E-state index contributed by atoms with van der Waals surface area (Å²) in [4.78, 5) is 10.6. The average Bonchev–Trinajstić information content (AvgIpc) is 2.44. The first-order chi connectivity index (χ1) is 6.12. The van der Waals surface area contributed by atoms with Crippen LogP contribution in [-0.4, -0.2) is 22.7 Å². The van der Waals surface area contributed by atoms with Gasteiger partial charge in [0.1, 0.15) is 0 Å². The highest BCUT2D eigenvalue weighted by Gasteiger charge is 2.28. The number of carbonyl (C=O) groups is 1. The zero-order valence-electron chi connectivity index (χ0n) is 7.78. The number of rotatable bonds is 1. The van der Waals surface area contributed by atoms with Crippen LogP contribution < -0.4 is 4.74 Å². The third-order valence-electron chi connectivity index (χ3n) is 2.12. The van der Waals surface area contributed by atoms with Gasteiger partial charge in [0.2, 0.25) is 5.88 Å². The highest BCUT2D eigenvalue weighted by Crippen LogP contribution is 2.29. The first-order valence-electron chi connectivity index (χ1n) is 4.26. The van der Waals surface area contributed by atoms with E-state index in [9.17, 15) is 4.79 Å². The quantitative estimate of drug-likeness (QED) is 0.608. The number of hydrogen-bond donors (Lipinski definition) is 0. The lowest BCUT2D eigenvalue weighted by Crippen LogP contribution is -2.33. The fourth-order valence-corrected chi connectivity index (χ4v) is 1.45. The van der Waals surface area contributed by atoms with Gasteiger partial charge in [-0.1, -0.05) is 13.8 Å². The van der Waals surface area contributed by atoms with Crippen molar-refractivity contribution in [2.45, 2.75) is 20.4 Å². The van der Waals surface area contributed by atoms with E-state index in [-0.39, 0.29) is 5.41 Å². The van der Waals surface area contributed by atoms with Gasteiger partial charge < -0.3 is 4.74 Å². The molecule has 4 heteroatoms. The molecule has 0 aliphatic carbocycles.